The summed E-state index contributed by atoms with van der Waals surface area (Å²) in [5.41, 5.74) is 1.77. The molecule has 12 nitrogen and oxygen atoms in total. The van der Waals surface area contributed by atoms with Crippen molar-refractivity contribution in [2.45, 2.75) is 100 Å². The quantitative estimate of drug-likeness (QED) is 0.106. The molecule has 0 fully saturated rings. The number of rotatable bonds is 18. The molecule has 0 unspecified atom stereocenters. The molecule has 3 rings (SSSR count). The first-order valence-corrected chi connectivity index (χ1v) is 18.5. The van der Waals surface area contributed by atoms with Crippen LogP contribution in [0.3, 0.4) is 0 Å². The molecule has 8 N–H and O–H groups in total. The average Bonchev–Trinajstić information content (AvgIpc) is 3.13. The van der Waals surface area contributed by atoms with Crippen LogP contribution in [0.2, 0.25) is 0 Å². The van der Waals surface area contributed by atoms with Crippen LogP contribution < -0.4 is 15.5 Å². The number of sulfone groups is 1. The summed E-state index contributed by atoms with van der Waals surface area (Å²) in [5.74, 6) is -0.991. The third kappa shape index (κ3) is 9.75. The third-order valence-corrected chi connectivity index (χ3v) is 11.5. The van der Waals surface area contributed by atoms with Gasteiger partial charge in [-0.25, -0.2) is 8.42 Å². The molecule has 1 heterocycles. The molecule has 0 spiro atoms. The Kier molecular flexibility index (Phi) is 14.8. The molecule has 0 radical (unpaired) electrons. The molecule has 2 aromatic carbocycles. The number of nitrogens with one attached hydrogen (secondary N) is 2. The van der Waals surface area contributed by atoms with E-state index in [9.17, 15) is 38.7 Å². The van der Waals surface area contributed by atoms with Crippen LogP contribution in [-0.4, -0.2) is 115 Å². The second-order valence-electron chi connectivity index (χ2n) is 13.3. The summed E-state index contributed by atoms with van der Waals surface area (Å²) < 4.78 is 27.8. The lowest BCUT2D eigenvalue weighted by molar-refractivity contribution is -0.116. The zero-order chi connectivity index (χ0) is 35.6. The minimum Gasteiger partial charge on any atom is -0.394 e. The highest BCUT2D eigenvalue weighted by Gasteiger charge is 2.49. The van der Waals surface area contributed by atoms with Gasteiger partial charge in [-0.3, -0.25) is 4.79 Å². The molecule has 0 aromatic heterocycles. The van der Waals surface area contributed by atoms with E-state index in [1.165, 1.54) is 0 Å². The predicted molar refractivity (Wildman–Crippen MR) is 186 cm³/mol. The molecule has 0 bridgehead atoms. The first-order valence-electron chi connectivity index (χ1n) is 16.9. The minimum absolute atomic E-state index is 0.0550. The van der Waals surface area contributed by atoms with Gasteiger partial charge in [0.1, 0.15) is 18.3 Å². The Morgan fingerprint density at radius 3 is 2.35 bits per heavy atom. The minimum atomic E-state index is -3.72. The van der Waals surface area contributed by atoms with Crippen molar-refractivity contribution in [3.05, 3.63) is 53.6 Å². The SMILES string of the molecule is CCCC[C@@]1(CC)CS(=O)(=O)c2ccc(N(C)C)cc2[C@H](c2cccc(NC(=O)CCCCNC[C@H](O)[C@@H](O)[C@H](O)[C@H](O)CO)c2)[C@@H]1O. The van der Waals surface area contributed by atoms with E-state index < -0.39 is 58.3 Å². The van der Waals surface area contributed by atoms with Crippen LogP contribution >= 0.6 is 0 Å². The first kappa shape index (κ1) is 39.8. The Labute approximate surface area is 284 Å². The van der Waals surface area contributed by atoms with Crippen LogP contribution in [0.1, 0.15) is 75.8 Å². The lowest BCUT2D eigenvalue weighted by Gasteiger charge is -2.39. The lowest BCUT2D eigenvalue weighted by Crippen LogP contribution is -2.49. The summed E-state index contributed by atoms with van der Waals surface area (Å²) in [5, 5.41) is 66.0. The topological polar surface area (TPSA) is 200 Å². The van der Waals surface area contributed by atoms with E-state index in [-0.39, 0.29) is 29.5 Å². The van der Waals surface area contributed by atoms with Crippen molar-refractivity contribution in [1.82, 2.24) is 5.32 Å². The maximum atomic E-state index is 13.9. The highest BCUT2D eigenvalue weighted by molar-refractivity contribution is 7.91. The monoisotopic (exact) mass is 693 g/mol. The van der Waals surface area contributed by atoms with Gasteiger partial charge in [-0.2, -0.15) is 0 Å². The van der Waals surface area contributed by atoms with Gasteiger partial charge in [0.25, 0.3) is 0 Å². The fraction of sp³-hybridized carbons (Fsp3) is 0.629. The number of anilines is 2. The van der Waals surface area contributed by atoms with Crippen LogP contribution in [0.4, 0.5) is 11.4 Å². The van der Waals surface area contributed by atoms with E-state index >= 15 is 0 Å². The Bertz CT molecular complexity index is 1440. The van der Waals surface area contributed by atoms with E-state index in [2.05, 4.69) is 17.6 Å². The molecule has 270 valence electrons. The number of hydrogen-bond donors (Lipinski definition) is 8. The normalized spacial score (nSPS) is 23.0. The maximum Gasteiger partial charge on any atom is 0.224 e. The summed E-state index contributed by atoms with van der Waals surface area (Å²) in [7, 11) is 0.0475. The maximum absolute atomic E-state index is 13.9. The Morgan fingerprint density at radius 1 is 1.00 bits per heavy atom. The molecule has 0 saturated carbocycles. The van der Waals surface area contributed by atoms with Gasteiger partial charge in [-0.15, -0.1) is 0 Å². The van der Waals surface area contributed by atoms with Gasteiger partial charge in [-0.1, -0.05) is 38.8 Å². The highest BCUT2D eigenvalue weighted by atomic mass is 32.2. The van der Waals surface area contributed by atoms with Gasteiger partial charge in [0.15, 0.2) is 9.84 Å². The van der Waals surface area contributed by atoms with E-state index in [0.29, 0.717) is 49.0 Å². The van der Waals surface area contributed by atoms with Crippen LogP contribution in [0, 0.1) is 5.41 Å². The number of aliphatic hydroxyl groups is 6. The van der Waals surface area contributed by atoms with E-state index in [1.54, 1.807) is 24.3 Å². The molecular weight excluding hydrogens is 638 g/mol. The van der Waals surface area contributed by atoms with Crippen molar-refractivity contribution < 1.29 is 43.9 Å². The molecule has 0 saturated heterocycles. The van der Waals surface area contributed by atoms with Crippen LogP contribution in [-0.2, 0) is 14.6 Å². The standard InChI is InChI=1S/C35H55N3O9S/c1-5-7-16-35(6-2)22-48(46,47)29-15-14-25(38(3)4)19-26(29)31(34(35)45)23-11-10-12-24(18-23)37-30(42)13-8-9-17-36-20-27(40)32(43)33(44)28(41)21-39/h10-12,14-15,18-19,27-28,31-34,36,39-41,43-45H,5-9,13,16-17,20-22H2,1-4H3,(H,37,42)/t27-,28+,31-,32+,33+,34-,35-/m0/s1. The molecule has 1 amide bonds. The predicted octanol–water partition coefficient (Wildman–Crippen LogP) is 1.75. The molecule has 1 aliphatic heterocycles. The van der Waals surface area contributed by atoms with E-state index in [0.717, 1.165) is 18.5 Å². The summed E-state index contributed by atoms with van der Waals surface area (Å²) in [4.78, 5) is 15.0. The van der Waals surface area contributed by atoms with Gasteiger partial charge < -0.3 is 46.2 Å². The van der Waals surface area contributed by atoms with E-state index in [4.69, 9.17) is 5.11 Å². The number of amides is 1. The van der Waals surface area contributed by atoms with Crippen molar-refractivity contribution >= 4 is 27.1 Å². The van der Waals surface area contributed by atoms with Crippen LogP contribution in [0.5, 0.6) is 0 Å². The second kappa shape index (κ2) is 17.9. The average molecular weight is 694 g/mol. The number of nitrogens with zero attached hydrogens (tertiary/aromatic N) is 1. The van der Waals surface area contributed by atoms with Gasteiger partial charge in [0, 0.05) is 49.8 Å². The van der Waals surface area contributed by atoms with Gasteiger partial charge in [-0.05, 0) is 73.7 Å². The number of aliphatic hydroxyl groups excluding tert-OH is 6. The lowest BCUT2D eigenvalue weighted by atomic mass is 9.69. The van der Waals surface area contributed by atoms with Crippen molar-refractivity contribution in [3.63, 3.8) is 0 Å². The second-order valence-corrected chi connectivity index (χ2v) is 15.2. The molecule has 48 heavy (non-hydrogen) atoms. The molecule has 2 aromatic rings. The summed E-state index contributed by atoms with van der Waals surface area (Å²) in [6.07, 6.45) is -3.17. The van der Waals surface area contributed by atoms with Crippen LogP contribution in [0.25, 0.3) is 0 Å². The van der Waals surface area contributed by atoms with Gasteiger partial charge in [0.05, 0.1) is 29.5 Å². The molecule has 7 atom stereocenters. The number of unbranched alkanes of at least 4 members (excludes halogenated alkanes) is 2. The number of hydrogen-bond acceptors (Lipinski definition) is 11. The summed E-state index contributed by atoms with van der Waals surface area (Å²) in [6, 6.07) is 12.5. The molecular formula is C35H55N3O9S. The zero-order valence-corrected chi connectivity index (χ0v) is 29.4. The Morgan fingerprint density at radius 2 is 1.71 bits per heavy atom. The zero-order valence-electron chi connectivity index (χ0n) is 28.5. The molecule has 0 aliphatic carbocycles. The fourth-order valence-corrected chi connectivity index (χ4v) is 8.76. The van der Waals surface area contributed by atoms with Crippen LogP contribution in [0.15, 0.2) is 47.4 Å². The number of carbonyl (C=O) groups excluding carboxylic acids is 1. The molecule has 13 heteroatoms. The third-order valence-electron chi connectivity index (χ3n) is 9.55. The highest BCUT2D eigenvalue weighted by Crippen LogP contribution is 2.49. The number of fused-ring (bicyclic) bond motifs is 1. The van der Waals surface area contributed by atoms with Gasteiger partial charge >= 0.3 is 0 Å². The Hall–Kier alpha value is -2.62. The van der Waals surface area contributed by atoms with Crippen molar-refractivity contribution in [1.29, 1.82) is 0 Å². The summed E-state index contributed by atoms with van der Waals surface area (Å²) in [6.45, 7) is 3.62. The Balaban J connectivity index is 1.74. The van der Waals surface area contributed by atoms with Crippen molar-refractivity contribution in [2.24, 2.45) is 5.41 Å². The first-order chi connectivity index (χ1) is 22.7. The fourth-order valence-electron chi connectivity index (χ4n) is 6.51. The van der Waals surface area contributed by atoms with E-state index in [1.807, 2.05) is 44.1 Å². The van der Waals surface area contributed by atoms with Crippen molar-refractivity contribution in [3.8, 4) is 0 Å². The summed E-state index contributed by atoms with van der Waals surface area (Å²) >= 11 is 0. The van der Waals surface area contributed by atoms with Crippen molar-refractivity contribution in [2.75, 3.05) is 49.8 Å². The van der Waals surface area contributed by atoms with Gasteiger partial charge in [0.2, 0.25) is 5.91 Å². The number of benzene rings is 2. The largest absolute Gasteiger partial charge is 0.394 e. The molecule has 1 aliphatic rings. The number of carbonyl (C=O) groups is 1. The smallest absolute Gasteiger partial charge is 0.224 e.